The Hall–Kier alpha value is -1.22. The molecule has 0 spiro atoms. The van der Waals surface area contributed by atoms with Crippen molar-refractivity contribution < 1.29 is 5.11 Å². The molecule has 1 saturated heterocycles. The highest BCUT2D eigenvalue weighted by Crippen LogP contribution is 2.36. The zero-order valence-corrected chi connectivity index (χ0v) is 9.09. The quantitative estimate of drug-likeness (QED) is 0.487. The molecule has 1 aliphatic heterocycles. The van der Waals surface area contributed by atoms with Gasteiger partial charge in [0.15, 0.2) is 0 Å². The summed E-state index contributed by atoms with van der Waals surface area (Å²) in [5, 5.41) is 13.4. The standard InChI is InChI=1S/C12H18N2O/c1-8-5-6-9(13)12(15)11(8)10-4-2-3-7-14-10/h5-6,10,14-15H,2-4,7,13H2,1H3/t10-/m1/s1. The number of piperidine rings is 1. The Morgan fingerprint density at radius 1 is 1.40 bits per heavy atom. The van der Waals surface area contributed by atoms with Crippen LogP contribution in [0.25, 0.3) is 0 Å². The molecule has 4 N–H and O–H groups in total. The number of nitrogen functional groups attached to an aromatic ring is 1. The van der Waals surface area contributed by atoms with Gasteiger partial charge >= 0.3 is 0 Å². The van der Waals surface area contributed by atoms with Gasteiger partial charge in [-0.1, -0.05) is 12.5 Å². The lowest BCUT2D eigenvalue weighted by molar-refractivity contribution is 0.390. The fraction of sp³-hybridized carbons (Fsp3) is 0.500. The molecular weight excluding hydrogens is 188 g/mol. The van der Waals surface area contributed by atoms with Crippen LogP contribution in [0.2, 0.25) is 0 Å². The summed E-state index contributed by atoms with van der Waals surface area (Å²) >= 11 is 0. The number of hydrogen-bond donors (Lipinski definition) is 3. The molecule has 0 aliphatic carbocycles. The molecule has 0 radical (unpaired) electrons. The van der Waals surface area contributed by atoms with Gasteiger partial charge in [-0.05, 0) is 37.9 Å². The molecule has 1 atom stereocenters. The van der Waals surface area contributed by atoms with Crippen LogP contribution in [-0.2, 0) is 0 Å². The summed E-state index contributed by atoms with van der Waals surface area (Å²) in [5.41, 5.74) is 8.29. The summed E-state index contributed by atoms with van der Waals surface area (Å²) in [6.45, 7) is 3.04. The van der Waals surface area contributed by atoms with Crippen LogP contribution in [0.15, 0.2) is 12.1 Å². The van der Waals surface area contributed by atoms with Crippen molar-refractivity contribution in [3.63, 3.8) is 0 Å². The van der Waals surface area contributed by atoms with Gasteiger partial charge in [0, 0.05) is 11.6 Å². The van der Waals surface area contributed by atoms with Crippen molar-refractivity contribution in [3.05, 3.63) is 23.3 Å². The van der Waals surface area contributed by atoms with Crippen molar-refractivity contribution in [2.75, 3.05) is 12.3 Å². The van der Waals surface area contributed by atoms with E-state index < -0.39 is 0 Å². The molecule has 1 fully saturated rings. The van der Waals surface area contributed by atoms with Crippen molar-refractivity contribution in [1.82, 2.24) is 5.32 Å². The number of hydrogen-bond acceptors (Lipinski definition) is 3. The second kappa shape index (κ2) is 4.11. The number of benzene rings is 1. The summed E-state index contributed by atoms with van der Waals surface area (Å²) in [6.07, 6.45) is 3.52. The van der Waals surface area contributed by atoms with Crippen molar-refractivity contribution in [3.8, 4) is 5.75 Å². The predicted octanol–water partition coefficient (Wildman–Crippen LogP) is 2.10. The lowest BCUT2D eigenvalue weighted by Crippen LogP contribution is -2.27. The Labute approximate surface area is 90.3 Å². The molecule has 2 rings (SSSR count). The largest absolute Gasteiger partial charge is 0.505 e. The number of nitrogens with one attached hydrogen (secondary N) is 1. The lowest BCUT2D eigenvalue weighted by atomic mass is 9.93. The minimum Gasteiger partial charge on any atom is -0.505 e. The molecule has 15 heavy (non-hydrogen) atoms. The van der Waals surface area contributed by atoms with Gasteiger partial charge in [0.05, 0.1) is 5.69 Å². The van der Waals surface area contributed by atoms with Crippen LogP contribution in [0, 0.1) is 6.92 Å². The Bertz CT molecular complexity index is 357. The van der Waals surface area contributed by atoms with E-state index in [-0.39, 0.29) is 11.8 Å². The monoisotopic (exact) mass is 206 g/mol. The summed E-state index contributed by atoms with van der Waals surface area (Å²) in [7, 11) is 0. The van der Waals surface area contributed by atoms with Crippen molar-refractivity contribution >= 4 is 5.69 Å². The van der Waals surface area contributed by atoms with Gasteiger partial charge in [-0.3, -0.25) is 0 Å². The Kier molecular flexibility index (Phi) is 2.82. The molecule has 0 aromatic heterocycles. The molecular formula is C12H18N2O. The third-order valence-corrected chi connectivity index (χ3v) is 3.13. The first-order valence-corrected chi connectivity index (χ1v) is 5.51. The minimum atomic E-state index is 0.259. The maximum atomic E-state index is 9.97. The number of phenolic OH excluding ortho intramolecular Hbond substituents is 1. The maximum absolute atomic E-state index is 9.97. The number of phenols is 1. The second-order valence-electron chi connectivity index (χ2n) is 4.24. The summed E-state index contributed by atoms with van der Waals surface area (Å²) in [6, 6.07) is 4.00. The SMILES string of the molecule is Cc1ccc(N)c(O)c1[C@H]1CCCCN1. The molecule has 0 amide bonds. The van der Waals surface area contributed by atoms with E-state index in [4.69, 9.17) is 5.73 Å². The molecule has 0 bridgehead atoms. The van der Waals surface area contributed by atoms with Gasteiger partial charge in [0.2, 0.25) is 0 Å². The molecule has 3 heteroatoms. The number of aromatic hydroxyl groups is 1. The van der Waals surface area contributed by atoms with Gasteiger partial charge in [-0.2, -0.15) is 0 Å². The Balaban J connectivity index is 2.36. The topological polar surface area (TPSA) is 58.3 Å². The number of anilines is 1. The molecule has 0 saturated carbocycles. The highest BCUT2D eigenvalue weighted by Gasteiger charge is 2.20. The molecule has 1 aliphatic rings. The van der Waals surface area contributed by atoms with Crippen LogP contribution in [0.4, 0.5) is 5.69 Å². The van der Waals surface area contributed by atoms with Crippen LogP contribution in [0.1, 0.15) is 36.4 Å². The van der Waals surface area contributed by atoms with Crippen LogP contribution >= 0.6 is 0 Å². The van der Waals surface area contributed by atoms with E-state index >= 15 is 0 Å². The van der Waals surface area contributed by atoms with Crippen LogP contribution in [0.3, 0.4) is 0 Å². The van der Waals surface area contributed by atoms with E-state index in [2.05, 4.69) is 5.32 Å². The third-order valence-electron chi connectivity index (χ3n) is 3.13. The zero-order valence-electron chi connectivity index (χ0n) is 9.09. The molecule has 1 aromatic rings. The van der Waals surface area contributed by atoms with Crippen molar-refractivity contribution in [2.24, 2.45) is 0 Å². The number of aryl methyl sites for hydroxylation is 1. The van der Waals surface area contributed by atoms with E-state index in [9.17, 15) is 5.11 Å². The molecule has 1 heterocycles. The first-order chi connectivity index (χ1) is 7.20. The lowest BCUT2D eigenvalue weighted by Gasteiger charge is -2.26. The first kappa shape index (κ1) is 10.3. The van der Waals surface area contributed by atoms with Gasteiger partial charge < -0.3 is 16.2 Å². The second-order valence-corrected chi connectivity index (χ2v) is 4.24. The van der Waals surface area contributed by atoms with E-state index in [0.29, 0.717) is 5.69 Å². The number of nitrogens with two attached hydrogens (primary N) is 1. The van der Waals surface area contributed by atoms with Gasteiger partial charge in [-0.15, -0.1) is 0 Å². The predicted molar refractivity (Wildman–Crippen MR) is 61.9 cm³/mol. The summed E-state index contributed by atoms with van der Waals surface area (Å²) < 4.78 is 0. The number of rotatable bonds is 1. The molecule has 1 aromatic carbocycles. The van der Waals surface area contributed by atoms with E-state index in [0.717, 1.165) is 24.1 Å². The normalized spacial score (nSPS) is 21.5. The zero-order chi connectivity index (χ0) is 10.8. The smallest absolute Gasteiger partial charge is 0.143 e. The Morgan fingerprint density at radius 2 is 2.20 bits per heavy atom. The van der Waals surface area contributed by atoms with Crippen molar-refractivity contribution in [1.29, 1.82) is 0 Å². The van der Waals surface area contributed by atoms with Gasteiger partial charge in [0.1, 0.15) is 5.75 Å². The van der Waals surface area contributed by atoms with Gasteiger partial charge in [0.25, 0.3) is 0 Å². The third kappa shape index (κ3) is 1.92. The molecule has 0 unspecified atom stereocenters. The average molecular weight is 206 g/mol. The van der Waals surface area contributed by atoms with Crippen LogP contribution in [0.5, 0.6) is 5.75 Å². The summed E-state index contributed by atoms with van der Waals surface area (Å²) in [4.78, 5) is 0. The molecule has 3 nitrogen and oxygen atoms in total. The fourth-order valence-electron chi connectivity index (χ4n) is 2.26. The molecule has 82 valence electrons. The van der Waals surface area contributed by atoms with E-state index in [1.54, 1.807) is 6.07 Å². The first-order valence-electron chi connectivity index (χ1n) is 5.51. The van der Waals surface area contributed by atoms with E-state index in [1.807, 2.05) is 13.0 Å². The summed E-state index contributed by atoms with van der Waals surface area (Å²) in [5.74, 6) is 0.259. The van der Waals surface area contributed by atoms with Gasteiger partial charge in [-0.25, -0.2) is 0 Å². The Morgan fingerprint density at radius 3 is 2.87 bits per heavy atom. The average Bonchev–Trinajstić information content (AvgIpc) is 2.26. The highest BCUT2D eigenvalue weighted by atomic mass is 16.3. The van der Waals surface area contributed by atoms with Crippen LogP contribution < -0.4 is 11.1 Å². The van der Waals surface area contributed by atoms with E-state index in [1.165, 1.54) is 12.8 Å². The highest BCUT2D eigenvalue weighted by molar-refractivity contribution is 5.59. The maximum Gasteiger partial charge on any atom is 0.143 e. The minimum absolute atomic E-state index is 0.259. The van der Waals surface area contributed by atoms with Crippen LogP contribution in [-0.4, -0.2) is 11.7 Å². The fourth-order valence-corrected chi connectivity index (χ4v) is 2.26. The van der Waals surface area contributed by atoms with Crippen molar-refractivity contribution in [2.45, 2.75) is 32.2 Å².